The summed E-state index contributed by atoms with van der Waals surface area (Å²) in [6, 6.07) is 11.2. The molecule has 0 fully saturated rings. The number of rotatable bonds is 4. The fourth-order valence-corrected chi connectivity index (χ4v) is 1.64. The number of carbonyl (C=O) groups excluding carboxylic acids is 2. The molecule has 0 unspecified atom stereocenters. The summed E-state index contributed by atoms with van der Waals surface area (Å²) in [4.78, 5) is 23.1. The average molecular weight is 273 g/mol. The molecule has 1 heterocycles. The van der Waals surface area contributed by atoms with Crippen LogP contribution in [-0.4, -0.2) is 23.5 Å². The summed E-state index contributed by atoms with van der Waals surface area (Å²) in [7, 11) is 0. The number of hydrogen-bond acceptors (Lipinski definition) is 4. The Bertz CT molecular complexity index is 593. The number of aryl methyl sites for hydroxylation is 1. The Balaban J connectivity index is 1.75. The average Bonchev–Trinajstić information content (AvgIpc) is 2.85. The minimum Gasteiger partial charge on any atom is -0.360 e. The van der Waals surface area contributed by atoms with E-state index in [1.54, 1.807) is 6.92 Å². The van der Waals surface area contributed by atoms with E-state index < -0.39 is 11.8 Å². The predicted molar refractivity (Wildman–Crippen MR) is 73.0 cm³/mol. The van der Waals surface area contributed by atoms with Crippen LogP contribution in [-0.2, 0) is 16.0 Å². The van der Waals surface area contributed by atoms with Gasteiger partial charge in [-0.25, -0.2) is 0 Å². The zero-order chi connectivity index (χ0) is 14.4. The van der Waals surface area contributed by atoms with Crippen LogP contribution in [0, 0.1) is 6.92 Å². The fourth-order valence-electron chi connectivity index (χ4n) is 1.64. The first-order valence-electron chi connectivity index (χ1n) is 6.21. The largest absolute Gasteiger partial charge is 0.360 e. The highest BCUT2D eigenvalue weighted by molar-refractivity contribution is 6.39. The van der Waals surface area contributed by atoms with Gasteiger partial charge in [0.25, 0.3) is 0 Å². The third-order valence-corrected chi connectivity index (χ3v) is 2.62. The first-order chi connectivity index (χ1) is 9.65. The molecule has 0 radical (unpaired) electrons. The van der Waals surface area contributed by atoms with Crippen LogP contribution < -0.4 is 10.6 Å². The Morgan fingerprint density at radius 1 is 1.20 bits per heavy atom. The molecule has 1 aromatic carbocycles. The second kappa shape index (κ2) is 6.51. The molecule has 6 nitrogen and oxygen atoms in total. The molecule has 0 saturated heterocycles. The monoisotopic (exact) mass is 273 g/mol. The number of carbonyl (C=O) groups is 2. The fraction of sp³-hybridized carbons (Fsp3) is 0.214. The van der Waals surface area contributed by atoms with Gasteiger partial charge in [-0.2, -0.15) is 0 Å². The number of nitrogens with zero attached hydrogens (tertiary/aromatic N) is 1. The third kappa shape index (κ3) is 3.94. The van der Waals surface area contributed by atoms with Crippen molar-refractivity contribution in [2.45, 2.75) is 13.3 Å². The Morgan fingerprint density at radius 2 is 1.95 bits per heavy atom. The molecule has 1 aromatic heterocycles. The summed E-state index contributed by atoms with van der Waals surface area (Å²) < 4.78 is 4.79. The van der Waals surface area contributed by atoms with Crippen molar-refractivity contribution in [1.29, 1.82) is 0 Å². The van der Waals surface area contributed by atoms with Gasteiger partial charge in [-0.3, -0.25) is 14.9 Å². The molecular formula is C14H15N3O3. The number of aromatic nitrogens is 1. The van der Waals surface area contributed by atoms with Crippen LogP contribution in [0.5, 0.6) is 0 Å². The summed E-state index contributed by atoms with van der Waals surface area (Å²) >= 11 is 0. The summed E-state index contributed by atoms with van der Waals surface area (Å²) in [5.41, 5.74) is 1.10. The molecule has 2 rings (SSSR count). The van der Waals surface area contributed by atoms with Crippen LogP contribution in [0.15, 0.2) is 40.9 Å². The van der Waals surface area contributed by atoms with Gasteiger partial charge in [0.2, 0.25) is 0 Å². The van der Waals surface area contributed by atoms with Gasteiger partial charge in [0.05, 0.1) is 0 Å². The molecular weight excluding hydrogens is 258 g/mol. The Labute approximate surface area is 116 Å². The van der Waals surface area contributed by atoms with Crippen molar-refractivity contribution in [3.63, 3.8) is 0 Å². The Hall–Kier alpha value is -2.63. The quantitative estimate of drug-likeness (QED) is 0.822. The highest BCUT2D eigenvalue weighted by atomic mass is 16.5. The van der Waals surface area contributed by atoms with E-state index in [4.69, 9.17) is 4.52 Å². The van der Waals surface area contributed by atoms with Gasteiger partial charge in [-0.15, -0.1) is 0 Å². The van der Waals surface area contributed by atoms with Crippen molar-refractivity contribution >= 4 is 17.6 Å². The maximum absolute atomic E-state index is 11.6. The maximum Gasteiger partial charge on any atom is 0.314 e. The predicted octanol–water partition coefficient (Wildman–Crippen LogP) is 1.28. The van der Waals surface area contributed by atoms with Crippen molar-refractivity contribution in [3.8, 4) is 0 Å². The Kier molecular flexibility index (Phi) is 4.49. The molecule has 104 valence electrons. The lowest BCUT2D eigenvalue weighted by Gasteiger charge is -2.04. The van der Waals surface area contributed by atoms with Gasteiger partial charge < -0.3 is 9.84 Å². The summed E-state index contributed by atoms with van der Waals surface area (Å²) in [5.74, 6) is -0.663. The van der Waals surface area contributed by atoms with E-state index in [1.807, 2.05) is 30.3 Å². The molecule has 6 heteroatoms. The van der Waals surface area contributed by atoms with Gasteiger partial charge in [0, 0.05) is 12.6 Å². The highest BCUT2D eigenvalue weighted by Crippen LogP contribution is 2.06. The van der Waals surface area contributed by atoms with Crippen molar-refractivity contribution in [1.82, 2.24) is 10.5 Å². The van der Waals surface area contributed by atoms with Crippen molar-refractivity contribution < 1.29 is 14.1 Å². The lowest BCUT2D eigenvalue weighted by atomic mass is 10.1. The van der Waals surface area contributed by atoms with E-state index in [1.165, 1.54) is 6.07 Å². The summed E-state index contributed by atoms with van der Waals surface area (Å²) in [5, 5.41) is 8.48. The van der Waals surface area contributed by atoms with Crippen LogP contribution in [0.2, 0.25) is 0 Å². The van der Waals surface area contributed by atoms with E-state index in [-0.39, 0.29) is 5.82 Å². The van der Waals surface area contributed by atoms with Crippen LogP contribution in [0.1, 0.15) is 11.3 Å². The lowest BCUT2D eigenvalue weighted by molar-refractivity contribution is -0.136. The molecule has 0 bridgehead atoms. The number of benzene rings is 1. The standard InChI is InChI=1S/C14H15N3O3/c1-10-9-12(17-20-10)16-14(19)13(18)15-8-7-11-5-3-2-4-6-11/h2-6,9H,7-8H2,1H3,(H,15,18)(H,16,17,19). The third-order valence-electron chi connectivity index (χ3n) is 2.62. The molecule has 0 saturated carbocycles. The second-order valence-electron chi connectivity index (χ2n) is 4.27. The maximum atomic E-state index is 11.6. The minimum absolute atomic E-state index is 0.228. The van der Waals surface area contributed by atoms with Gasteiger partial charge >= 0.3 is 11.8 Å². The number of anilines is 1. The normalized spacial score (nSPS) is 10.1. The van der Waals surface area contributed by atoms with Gasteiger partial charge in [-0.1, -0.05) is 35.5 Å². The van der Waals surface area contributed by atoms with Crippen molar-refractivity contribution in [3.05, 3.63) is 47.7 Å². The molecule has 0 aliphatic rings. The molecule has 0 aliphatic carbocycles. The molecule has 2 amide bonds. The highest BCUT2D eigenvalue weighted by Gasteiger charge is 2.14. The SMILES string of the molecule is Cc1cc(NC(=O)C(=O)NCCc2ccccc2)no1. The number of nitrogens with one attached hydrogen (secondary N) is 2. The topological polar surface area (TPSA) is 84.2 Å². The first-order valence-corrected chi connectivity index (χ1v) is 6.21. The van der Waals surface area contributed by atoms with Crippen molar-refractivity contribution in [2.24, 2.45) is 0 Å². The van der Waals surface area contributed by atoms with E-state index in [9.17, 15) is 9.59 Å². The second-order valence-corrected chi connectivity index (χ2v) is 4.27. The number of hydrogen-bond donors (Lipinski definition) is 2. The molecule has 2 N–H and O–H groups in total. The van der Waals surface area contributed by atoms with Gasteiger partial charge in [0.15, 0.2) is 5.82 Å². The van der Waals surface area contributed by atoms with Crippen LogP contribution in [0.4, 0.5) is 5.82 Å². The first kappa shape index (κ1) is 13.8. The summed E-state index contributed by atoms with van der Waals surface area (Å²) in [6.07, 6.45) is 0.670. The van der Waals surface area contributed by atoms with E-state index in [0.717, 1.165) is 5.56 Å². The molecule has 20 heavy (non-hydrogen) atoms. The minimum atomic E-state index is -0.758. The van der Waals surface area contributed by atoms with Crippen LogP contribution in [0.3, 0.4) is 0 Å². The van der Waals surface area contributed by atoms with E-state index in [0.29, 0.717) is 18.7 Å². The van der Waals surface area contributed by atoms with Gasteiger partial charge in [0.1, 0.15) is 5.76 Å². The zero-order valence-corrected chi connectivity index (χ0v) is 11.1. The van der Waals surface area contributed by atoms with E-state index >= 15 is 0 Å². The zero-order valence-electron chi connectivity index (χ0n) is 11.1. The summed E-state index contributed by atoms with van der Waals surface area (Å²) in [6.45, 7) is 2.09. The van der Waals surface area contributed by atoms with Crippen LogP contribution in [0.25, 0.3) is 0 Å². The van der Waals surface area contributed by atoms with E-state index in [2.05, 4.69) is 15.8 Å². The molecule has 2 aromatic rings. The Morgan fingerprint density at radius 3 is 2.60 bits per heavy atom. The number of amides is 2. The lowest BCUT2D eigenvalue weighted by Crippen LogP contribution is -2.36. The smallest absolute Gasteiger partial charge is 0.314 e. The van der Waals surface area contributed by atoms with Gasteiger partial charge in [-0.05, 0) is 18.9 Å². The molecule has 0 spiro atoms. The molecule has 0 aliphatic heterocycles. The van der Waals surface area contributed by atoms with Crippen LogP contribution >= 0.6 is 0 Å². The van der Waals surface area contributed by atoms with Crippen molar-refractivity contribution in [2.75, 3.05) is 11.9 Å². The molecule has 0 atom stereocenters.